The van der Waals surface area contributed by atoms with E-state index in [1.165, 1.54) is 0 Å². The highest BCUT2D eigenvalue weighted by Crippen LogP contribution is 2.22. The lowest BCUT2D eigenvalue weighted by atomic mass is 10.3. The average molecular weight is 200 g/mol. The molecule has 0 N–H and O–H groups in total. The van der Waals surface area contributed by atoms with Gasteiger partial charge in [-0.15, -0.1) is 0 Å². The fraction of sp³-hybridized carbons (Fsp3) is 0.444. The first kappa shape index (κ1) is 8.78. The predicted octanol–water partition coefficient (Wildman–Crippen LogP) is 1.90. The van der Waals surface area contributed by atoms with Crippen LogP contribution in [0.4, 0.5) is 0 Å². The van der Waals surface area contributed by atoms with Crippen molar-refractivity contribution in [2.75, 3.05) is 13.2 Å². The number of ether oxygens (including phenoxy) is 2. The molecule has 0 bridgehead atoms. The van der Waals surface area contributed by atoms with Crippen molar-refractivity contribution in [1.82, 2.24) is 4.98 Å². The molecule has 0 saturated carbocycles. The number of halogens is 1. The van der Waals surface area contributed by atoms with Crippen molar-refractivity contribution in [1.29, 1.82) is 0 Å². The Bertz CT molecular complexity index is 287. The van der Waals surface area contributed by atoms with Crippen LogP contribution in [-0.4, -0.2) is 24.3 Å². The molecule has 0 amide bonds. The van der Waals surface area contributed by atoms with Crippen LogP contribution in [0, 0.1) is 0 Å². The maximum atomic E-state index is 5.87. The summed E-state index contributed by atoms with van der Waals surface area (Å²) in [7, 11) is 0. The third-order valence-corrected chi connectivity index (χ3v) is 2.18. The lowest BCUT2D eigenvalue weighted by Crippen LogP contribution is -2.16. The summed E-state index contributed by atoms with van der Waals surface area (Å²) in [6.45, 7) is 1.39. The molecular formula is C9H10ClNO2. The molecule has 2 heterocycles. The number of hydrogen-bond acceptors (Lipinski definition) is 3. The van der Waals surface area contributed by atoms with Crippen molar-refractivity contribution < 1.29 is 9.47 Å². The Hall–Kier alpha value is -0.800. The van der Waals surface area contributed by atoms with E-state index in [9.17, 15) is 0 Å². The van der Waals surface area contributed by atoms with Crippen LogP contribution >= 0.6 is 11.6 Å². The van der Waals surface area contributed by atoms with Gasteiger partial charge in [0.1, 0.15) is 11.1 Å². The molecule has 0 aliphatic carbocycles. The normalized spacial score (nSPS) is 21.8. The first-order valence-corrected chi connectivity index (χ1v) is 4.59. The van der Waals surface area contributed by atoms with Crippen LogP contribution in [0.3, 0.4) is 0 Å². The first-order chi connectivity index (χ1) is 6.36. The Morgan fingerprint density at radius 1 is 1.62 bits per heavy atom. The number of rotatable bonds is 2. The quantitative estimate of drug-likeness (QED) is 0.729. The molecule has 0 radical (unpaired) electrons. The summed E-state index contributed by atoms with van der Waals surface area (Å²) in [6, 6.07) is 3.54. The van der Waals surface area contributed by atoms with E-state index in [1.54, 1.807) is 18.3 Å². The summed E-state index contributed by atoms with van der Waals surface area (Å²) in [6.07, 6.45) is 2.68. The lowest BCUT2D eigenvalue weighted by molar-refractivity contribution is 0.138. The summed E-state index contributed by atoms with van der Waals surface area (Å²) < 4.78 is 10.7. The number of pyridine rings is 1. The second-order valence-electron chi connectivity index (χ2n) is 2.89. The minimum atomic E-state index is 0.104. The van der Waals surface area contributed by atoms with Gasteiger partial charge < -0.3 is 9.47 Å². The highest BCUT2D eigenvalue weighted by molar-refractivity contribution is 6.31. The van der Waals surface area contributed by atoms with E-state index in [0.717, 1.165) is 13.0 Å². The summed E-state index contributed by atoms with van der Waals surface area (Å²) in [5, 5.41) is 0.550. The van der Waals surface area contributed by atoms with Crippen molar-refractivity contribution in [2.24, 2.45) is 0 Å². The number of hydrogen-bond donors (Lipinski definition) is 0. The van der Waals surface area contributed by atoms with Gasteiger partial charge in [-0.3, -0.25) is 0 Å². The van der Waals surface area contributed by atoms with E-state index < -0.39 is 0 Å². The van der Waals surface area contributed by atoms with Gasteiger partial charge in [0.15, 0.2) is 0 Å². The van der Waals surface area contributed by atoms with Gasteiger partial charge in [0.25, 0.3) is 0 Å². The Morgan fingerprint density at radius 3 is 3.23 bits per heavy atom. The zero-order valence-electron chi connectivity index (χ0n) is 7.07. The monoisotopic (exact) mass is 199 g/mol. The van der Waals surface area contributed by atoms with Crippen LogP contribution in [-0.2, 0) is 4.74 Å². The van der Waals surface area contributed by atoms with E-state index in [1.807, 2.05) is 0 Å². The molecule has 1 fully saturated rings. The van der Waals surface area contributed by atoms with Crippen LogP contribution in [0.25, 0.3) is 0 Å². The van der Waals surface area contributed by atoms with Crippen molar-refractivity contribution >= 4 is 11.6 Å². The summed E-state index contributed by atoms with van der Waals surface area (Å²) in [4.78, 5) is 4.03. The SMILES string of the molecule is Clc1cccnc1OC1CCOC1. The molecule has 13 heavy (non-hydrogen) atoms. The maximum absolute atomic E-state index is 5.87. The van der Waals surface area contributed by atoms with E-state index in [2.05, 4.69) is 4.98 Å². The van der Waals surface area contributed by atoms with Gasteiger partial charge in [-0.2, -0.15) is 0 Å². The fourth-order valence-electron chi connectivity index (χ4n) is 1.22. The van der Waals surface area contributed by atoms with Gasteiger partial charge in [0.05, 0.1) is 13.2 Å². The standard InChI is InChI=1S/C9H10ClNO2/c10-8-2-1-4-11-9(8)13-7-3-5-12-6-7/h1-2,4,7H,3,5-6H2. The van der Waals surface area contributed by atoms with E-state index in [-0.39, 0.29) is 6.10 Å². The van der Waals surface area contributed by atoms with E-state index in [4.69, 9.17) is 21.1 Å². The largest absolute Gasteiger partial charge is 0.471 e. The summed E-state index contributed by atoms with van der Waals surface area (Å²) in [5.74, 6) is 0.500. The summed E-state index contributed by atoms with van der Waals surface area (Å²) in [5.41, 5.74) is 0. The molecule has 3 nitrogen and oxygen atoms in total. The number of nitrogens with zero attached hydrogens (tertiary/aromatic N) is 1. The van der Waals surface area contributed by atoms with Crippen LogP contribution < -0.4 is 4.74 Å². The molecule has 1 aromatic heterocycles. The fourth-order valence-corrected chi connectivity index (χ4v) is 1.39. The van der Waals surface area contributed by atoms with Crippen LogP contribution in [0.15, 0.2) is 18.3 Å². The van der Waals surface area contributed by atoms with Crippen molar-refractivity contribution in [3.05, 3.63) is 23.4 Å². The molecule has 1 aliphatic rings. The zero-order valence-corrected chi connectivity index (χ0v) is 7.83. The third-order valence-electron chi connectivity index (χ3n) is 1.89. The van der Waals surface area contributed by atoms with E-state index in [0.29, 0.717) is 17.5 Å². The van der Waals surface area contributed by atoms with Crippen molar-refractivity contribution in [2.45, 2.75) is 12.5 Å². The van der Waals surface area contributed by atoms with Gasteiger partial charge in [0.2, 0.25) is 5.88 Å². The minimum Gasteiger partial charge on any atom is -0.471 e. The molecule has 1 saturated heterocycles. The second-order valence-corrected chi connectivity index (χ2v) is 3.30. The maximum Gasteiger partial charge on any atom is 0.232 e. The number of aromatic nitrogens is 1. The van der Waals surface area contributed by atoms with Gasteiger partial charge >= 0.3 is 0 Å². The third kappa shape index (κ3) is 2.11. The first-order valence-electron chi connectivity index (χ1n) is 4.21. The Morgan fingerprint density at radius 2 is 2.54 bits per heavy atom. The van der Waals surface area contributed by atoms with Gasteiger partial charge in [0, 0.05) is 12.6 Å². The van der Waals surface area contributed by atoms with Gasteiger partial charge in [-0.05, 0) is 12.1 Å². The summed E-state index contributed by atoms with van der Waals surface area (Å²) >= 11 is 5.87. The molecule has 0 spiro atoms. The highest BCUT2D eigenvalue weighted by Gasteiger charge is 2.18. The molecule has 0 aromatic carbocycles. The zero-order chi connectivity index (χ0) is 9.10. The van der Waals surface area contributed by atoms with Gasteiger partial charge in [-0.25, -0.2) is 4.98 Å². The smallest absolute Gasteiger partial charge is 0.232 e. The molecule has 1 atom stereocenters. The minimum absolute atomic E-state index is 0.104. The molecule has 1 aliphatic heterocycles. The molecule has 1 unspecified atom stereocenters. The molecule has 2 rings (SSSR count). The molecule has 70 valence electrons. The molecule has 4 heteroatoms. The second kappa shape index (κ2) is 3.94. The van der Waals surface area contributed by atoms with Crippen LogP contribution in [0.1, 0.15) is 6.42 Å². The predicted molar refractivity (Wildman–Crippen MR) is 49.1 cm³/mol. The van der Waals surface area contributed by atoms with Crippen molar-refractivity contribution in [3.63, 3.8) is 0 Å². The van der Waals surface area contributed by atoms with Crippen LogP contribution in [0.5, 0.6) is 5.88 Å². The molecular weight excluding hydrogens is 190 g/mol. The lowest BCUT2D eigenvalue weighted by Gasteiger charge is -2.10. The average Bonchev–Trinajstić information content (AvgIpc) is 2.61. The Labute approximate surface area is 81.6 Å². The van der Waals surface area contributed by atoms with E-state index >= 15 is 0 Å². The Balaban J connectivity index is 2.04. The van der Waals surface area contributed by atoms with Gasteiger partial charge in [-0.1, -0.05) is 11.6 Å². The highest BCUT2D eigenvalue weighted by atomic mass is 35.5. The molecule has 1 aromatic rings. The Kier molecular flexibility index (Phi) is 2.66. The topological polar surface area (TPSA) is 31.4 Å². The van der Waals surface area contributed by atoms with Crippen LogP contribution in [0.2, 0.25) is 5.02 Å². The van der Waals surface area contributed by atoms with Crippen molar-refractivity contribution in [3.8, 4) is 5.88 Å².